The average molecular weight is 275 g/mol. The van der Waals surface area contributed by atoms with Crippen LogP contribution in [-0.2, 0) is 0 Å². The van der Waals surface area contributed by atoms with E-state index in [0.717, 1.165) is 12.8 Å². The molecule has 0 saturated heterocycles. The third kappa shape index (κ3) is 2.34. The van der Waals surface area contributed by atoms with Gasteiger partial charge in [-0.05, 0) is 25.0 Å². The molecule has 1 aliphatic carbocycles. The number of halogens is 3. The minimum absolute atomic E-state index is 0.201. The molecule has 0 spiro atoms. The second-order valence-electron chi connectivity index (χ2n) is 3.53. The van der Waals surface area contributed by atoms with E-state index in [0.29, 0.717) is 10.3 Å². The molecule has 0 bridgehead atoms. The number of hydrogen-bond donors (Lipinski definition) is 1. The van der Waals surface area contributed by atoms with Crippen LogP contribution in [-0.4, -0.2) is 5.84 Å². The molecule has 0 heterocycles. The lowest BCUT2D eigenvalue weighted by molar-refractivity contribution is 0.586. The Morgan fingerprint density at radius 2 is 1.87 bits per heavy atom. The van der Waals surface area contributed by atoms with E-state index in [1.165, 1.54) is 12.1 Å². The lowest BCUT2D eigenvalue weighted by Crippen LogP contribution is -2.13. The van der Waals surface area contributed by atoms with Crippen LogP contribution in [0.5, 0.6) is 0 Å². The lowest BCUT2D eigenvalue weighted by Gasteiger charge is -2.02. The van der Waals surface area contributed by atoms with Crippen LogP contribution in [0.2, 0.25) is 0 Å². The highest BCUT2D eigenvalue weighted by molar-refractivity contribution is 9.10. The predicted octanol–water partition coefficient (Wildman–Crippen LogP) is 3.13. The van der Waals surface area contributed by atoms with Gasteiger partial charge in [0.15, 0.2) is 11.6 Å². The molecule has 0 radical (unpaired) electrons. The molecule has 0 aliphatic heterocycles. The fourth-order valence-corrected chi connectivity index (χ4v) is 1.64. The molecule has 5 heteroatoms. The zero-order chi connectivity index (χ0) is 11.0. The second kappa shape index (κ2) is 3.89. The van der Waals surface area contributed by atoms with Gasteiger partial charge in [-0.3, -0.25) is 0 Å². The molecule has 15 heavy (non-hydrogen) atoms. The molecule has 0 unspecified atom stereocenters. The van der Waals surface area contributed by atoms with Gasteiger partial charge in [0.2, 0.25) is 0 Å². The molecule has 1 saturated carbocycles. The molecule has 1 fully saturated rings. The Kier molecular flexibility index (Phi) is 2.73. The van der Waals surface area contributed by atoms with E-state index in [4.69, 9.17) is 5.73 Å². The summed E-state index contributed by atoms with van der Waals surface area (Å²) in [5.41, 5.74) is 5.29. The zero-order valence-corrected chi connectivity index (χ0v) is 9.39. The van der Waals surface area contributed by atoms with Crippen molar-refractivity contribution < 1.29 is 8.78 Å². The summed E-state index contributed by atoms with van der Waals surface area (Å²) in [5, 5.41) is 0. The predicted molar refractivity (Wildman–Crippen MR) is 58.1 cm³/mol. The average Bonchev–Trinajstić information content (AvgIpc) is 2.93. The van der Waals surface area contributed by atoms with Crippen molar-refractivity contribution in [1.82, 2.24) is 0 Å². The molecule has 0 atom stereocenters. The van der Waals surface area contributed by atoms with Crippen molar-refractivity contribution in [2.24, 2.45) is 16.6 Å². The summed E-state index contributed by atoms with van der Waals surface area (Å²) < 4.78 is 27.0. The van der Waals surface area contributed by atoms with E-state index in [-0.39, 0.29) is 11.6 Å². The lowest BCUT2D eigenvalue weighted by atomic mass is 10.3. The minimum Gasteiger partial charge on any atom is -0.387 e. The molecule has 80 valence electrons. The smallest absolute Gasteiger partial charge is 0.153 e. The Bertz CT molecular complexity index is 404. The highest BCUT2D eigenvalue weighted by Crippen LogP contribution is 2.32. The number of aliphatic imine (C=N–C) groups is 1. The first-order valence-electron chi connectivity index (χ1n) is 4.56. The summed E-state index contributed by atoms with van der Waals surface area (Å²) in [7, 11) is 0. The third-order valence-electron chi connectivity index (χ3n) is 2.22. The van der Waals surface area contributed by atoms with Crippen LogP contribution < -0.4 is 5.73 Å². The van der Waals surface area contributed by atoms with Crippen molar-refractivity contribution in [3.8, 4) is 0 Å². The van der Waals surface area contributed by atoms with Gasteiger partial charge in [0.1, 0.15) is 11.5 Å². The van der Waals surface area contributed by atoms with Crippen LogP contribution in [0.3, 0.4) is 0 Å². The normalized spacial score (nSPS) is 16.9. The molecular formula is C10H9BrF2N2. The van der Waals surface area contributed by atoms with Crippen molar-refractivity contribution in [3.05, 3.63) is 28.2 Å². The number of amidine groups is 1. The van der Waals surface area contributed by atoms with Crippen LogP contribution in [0.15, 0.2) is 21.6 Å². The van der Waals surface area contributed by atoms with Gasteiger partial charge in [0, 0.05) is 10.4 Å². The van der Waals surface area contributed by atoms with E-state index in [2.05, 4.69) is 20.9 Å². The summed E-state index contributed by atoms with van der Waals surface area (Å²) in [6, 6.07) is 2.34. The van der Waals surface area contributed by atoms with E-state index >= 15 is 0 Å². The summed E-state index contributed by atoms with van der Waals surface area (Å²) in [4.78, 5) is 3.78. The van der Waals surface area contributed by atoms with Gasteiger partial charge in [-0.2, -0.15) is 0 Å². The molecule has 1 aromatic carbocycles. The number of hydrogen-bond acceptors (Lipinski definition) is 1. The van der Waals surface area contributed by atoms with E-state index < -0.39 is 11.6 Å². The SMILES string of the molecule is NC(=Nc1c(F)cc(Br)cc1F)C1CC1. The Hall–Kier alpha value is -0.970. The van der Waals surface area contributed by atoms with Gasteiger partial charge >= 0.3 is 0 Å². The first-order valence-corrected chi connectivity index (χ1v) is 5.36. The highest BCUT2D eigenvalue weighted by Gasteiger charge is 2.26. The van der Waals surface area contributed by atoms with E-state index in [1.807, 2.05) is 0 Å². The molecule has 2 N–H and O–H groups in total. The Labute approximate surface area is 94.3 Å². The van der Waals surface area contributed by atoms with Crippen LogP contribution in [0.25, 0.3) is 0 Å². The van der Waals surface area contributed by atoms with Crippen LogP contribution in [0.4, 0.5) is 14.5 Å². The molecule has 2 rings (SSSR count). The van der Waals surface area contributed by atoms with Gasteiger partial charge in [0.25, 0.3) is 0 Å². The fraction of sp³-hybridized carbons (Fsp3) is 0.300. The van der Waals surface area contributed by atoms with Gasteiger partial charge in [-0.1, -0.05) is 15.9 Å². The monoisotopic (exact) mass is 274 g/mol. The number of nitrogens with zero attached hydrogens (tertiary/aromatic N) is 1. The minimum atomic E-state index is -0.703. The van der Waals surface area contributed by atoms with Crippen LogP contribution in [0, 0.1) is 17.6 Å². The molecule has 1 aliphatic rings. The summed E-state index contributed by atoms with van der Waals surface area (Å²) in [6.45, 7) is 0. The van der Waals surface area contributed by atoms with Crippen molar-refractivity contribution in [2.45, 2.75) is 12.8 Å². The van der Waals surface area contributed by atoms with E-state index in [9.17, 15) is 8.78 Å². The van der Waals surface area contributed by atoms with Gasteiger partial charge in [0.05, 0.1) is 0 Å². The van der Waals surface area contributed by atoms with Gasteiger partial charge in [-0.15, -0.1) is 0 Å². The Morgan fingerprint density at radius 1 is 1.33 bits per heavy atom. The van der Waals surface area contributed by atoms with Crippen LogP contribution >= 0.6 is 15.9 Å². The topological polar surface area (TPSA) is 38.4 Å². The molecule has 1 aromatic rings. The number of nitrogens with two attached hydrogens (primary N) is 1. The molecule has 2 nitrogen and oxygen atoms in total. The second-order valence-corrected chi connectivity index (χ2v) is 4.44. The number of benzene rings is 1. The highest BCUT2D eigenvalue weighted by atomic mass is 79.9. The first kappa shape index (κ1) is 10.5. The Balaban J connectivity index is 2.39. The van der Waals surface area contributed by atoms with Gasteiger partial charge in [-0.25, -0.2) is 13.8 Å². The largest absolute Gasteiger partial charge is 0.387 e. The summed E-state index contributed by atoms with van der Waals surface area (Å²) in [6.07, 6.45) is 1.91. The third-order valence-corrected chi connectivity index (χ3v) is 2.68. The molecular weight excluding hydrogens is 266 g/mol. The van der Waals surface area contributed by atoms with Gasteiger partial charge < -0.3 is 5.73 Å². The fourth-order valence-electron chi connectivity index (χ4n) is 1.24. The molecule has 0 aromatic heterocycles. The maximum atomic E-state index is 13.3. The first-order chi connectivity index (χ1) is 7.08. The van der Waals surface area contributed by atoms with Crippen molar-refractivity contribution in [2.75, 3.05) is 0 Å². The quantitative estimate of drug-likeness (QED) is 0.653. The van der Waals surface area contributed by atoms with E-state index in [1.54, 1.807) is 0 Å². The zero-order valence-electron chi connectivity index (χ0n) is 7.80. The van der Waals surface area contributed by atoms with Crippen LogP contribution in [0.1, 0.15) is 12.8 Å². The maximum absolute atomic E-state index is 13.3. The maximum Gasteiger partial charge on any atom is 0.153 e. The van der Waals surface area contributed by atoms with Crippen molar-refractivity contribution in [3.63, 3.8) is 0 Å². The number of rotatable bonds is 2. The van der Waals surface area contributed by atoms with Crippen molar-refractivity contribution in [1.29, 1.82) is 0 Å². The Morgan fingerprint density at radius 3 is 2.33 bits per heavy atom. The van der Waals surface area contributed by atoms with Crippen molar-refractivity contribution >= 4 is 27.5 Å². The molecule has 0 amide bonds. The summed E-state index contributed by atoms with van der Waals surface area (Å²) >= 11 is 2.99. The summed E-state index contributed by atoms with van der Waals surface area (Å²) in [5.74, 6) is -0.890. The standard InChI is InChI=1S/C10H9BrF2N2/c11-6-3-7(12)9(8(13)4-6)15-10(14)5-1-2-5/h3-5H,1-2H2,(H2,14,15).